The van der Waals surface area contributed by atoms with Gasteiger partial charge in [0.2, 0.25) is 5.91 Å². The fourth-order valence-corrected chi connectivity index (χ4v) is 2.02. The predicted molar refractivity (Wildman–Crippen MR) is 78.0 cm³/mol. The Bertz CT molecular complexity index is 584. The van der Waals surface area contributed by atoms with E-state index in [0.29, 0.717) is 12.1 Å². The number of hydrogen-bond acceptors (Lipinski definition) is 3. The second kappa shape index (κ2) is 6.21. The van der Waals surface area contributed by atoms with Gasteiger partial charge in [-0.2, -0.15) is 0 Å². The lowest BCUT2D eigenvalue weighted by molar-refractivity contribution is -0.132. The molecule has 104 valence electrons. The molecule has 20 heavy (non-hydrogen) atoms. The lowest BCUT2D eigenvalue weighted by atomic mass is 10.1. The summed E-state index contributed by atoms with van der Waals surface area (Å²) in [5.74, 6) is -0.000106. The second-order valence-electron chi connectivity index (χ2n) is 4.71. The summed E-state index contributed by atoms with van der Waals surface area (Å²) in [6.07, 6.45) is 0. The monoisotopic (exact) mass is 270 g/mol. The van der Waals surface area contributed by atoms with Crippen molar-refractivity contribution >= 4 is 5.91 Å². The molecule has 0 aliphatic heterocycles. The molecule has 0 fully saturated rings. The highest BCUT2D eigenvalue weighted by molar-refractivity contribution is 5.82. The summed E-state index contributed by atoms with van der Waals surface area (Å²) in [6, 6.07) is 15.5. The smallest absolute Gasteiger partial charge is 0.244 e. The van der Waals surface area contributed by atoms with Gasteiger partial charge in [0.1, 0.15) is 11.8 Å². The van der Waals surface area contributed by atoms with Crippen LogP contribution in [-0.2, 0) is 11.3 Å². The van der Waals surface area contributed by atoms with Crippen LogP contribution in [0.5, 0.6) is 5.75 Å². The minimum Gasteiger partial charge on any atom is -0.508 e. The van der Waals surface area contributed by atoms with Gasteiger partial charge in [-0.05, 0) is 11.6 Å². The number of nitrogens with two attached hydrogens (primary N) is 1. The van der Waals surface area contributed by atoms with Crippen LogP contribution in [0.3, 0.4) is 0 Å². The third kappa shape index (κ3) is 3.16. The fraction of sp³-hybridized carbons (Fsp3) is 0.188. The molecule has 0 radical (unpaired) electrons. The number of amides is 1. The molecule has 4 heteroatoms. The zero-order valence-electron chi connectivity index (χ0n) is 11.4. The maximum Gasteiger partial charge on any atom is 0.244 e. The zero-order valence-corrected chi connectivity index (χ0v) is 11.4. The summed E-state index contributed by atoms with van der Waals surface area (Å²) in [7, 11) is 1.68. The van der Waals surface area contributed by atoms with Crippen molar-refractivity contribution in [3.63, 3.8) is 0 Å². The van der Waals surface area contributed by atoms with E-state index in [1.165, 1.54) is 4.90 Å². The third-order valence-corrected chi connectivity index (χ3v) is 3.20. The SMILES string of the molecule is CN(Cc1ccccc1O)C(=O)[C@@H](N)c1ccccc1. The molecule has 0 aliphatic carbocycles. The number of phenols is 1. The van der Waals surface area contributed by atoms with E-state index in [0.717, 1.165) is 5.56 Å². The molecule has 2 aromatic carbocycles. The van der Waals surface area contributed by atoms with Gasteiger partial charge in [0.15, 0.2) is 0 Å². The lowest BCUT2D eigenvalue weighted by Crippen LogP contribution is -2.35. The Morgan fingerprint density at radius 1 is 1.15 bits per heavy atom. The quantitative estimate of drug-likeness (QED) is 0.893. The molecular formula is C16H18N2O2. The Kier molecular flexibility index (Phi) is 4.38. The first-order chi connectivity index (χ1) is 9.59. The molecule has 1 atom stereocenters. The number of aromatic hydroxyl groups is 1. The van der Waals surface area contributed by atoms with Crippen LogP contribution < -0.4 is 5.73 Å². The van der Waals surface area contributed by atoms with Gasteiger partial charge in [0, 0.05) is 19.2 Å². The molecule has 0 unspecified atom stereocenters. The van der Waals surface area contributed by atoms with E-state index in [9.17, 15) is 9.90 Å². The number of nitrogens with zero attached hydrogens (tertiary/aromatic N) is 1. The van der Waals surface area contributed by atoms with Gasteiger partial charge in [-0.25, -0.2) is 0 Å². The standard InChI is InChI=1S/C16H18N2O2/c1-18(11-13-9-5-6-10-14(13)19)16(20)15(17)12-7-3-2-4-8-12/h2-10,15,19H,11,17H2,1H3/t15-/m0/s1. The van der Waals surface area contributed by atoms with Crippen molar-refractivity contribution in [2.75, 3.05) is 7.05 Å². The third-order valence-electron chi connectivity index (χ3n) is 3.20. The first kappa shape index (κ1) is 14.1. The molecule has 0 heterocycles. The molecule has 0 saturated heterocycles. The summed E-state index contributed by atoms with van der Waals surface area (Å²) in [6.45, 7) is 0.325. The van der Waals surface area contributed by atoms with Gasteiger partial charge >= 0.3 is 0 Å². The number of likely N-dealkylation sites (N-methyl/N-ethyl adjacent to an activating group) is 1. The number of para-hydroxylation sites is 1. The molecule has 0 spiro atoms. The summed E-state index contributed by atoms with van der Waals surface area (Å²) in [5.41, 5.74) is 7.45. The summed E-state index contributed by atoms with van der Waals surface area (Å²) < 4.78 is 0. The maximum absolute atomic E-state index is 12.3. The molecule has 0 saturated carbocycles. The highest BCUT2D eigenvalue weighted by Crippen LogP contribution is 2.19. The van der Waals surface area contributed by atoms with Crippen LogP contribution in [-0.4, -0.2) is 23.0 Å². The van der Waals surface area contributed by atoms with Crippen LogP contribution in [0.1, 0.15) is 17.2 Å². The van der Waals surface area contributed by atoms with E-state index in [1.807, 2.05) is 36.4 Å². The summed E-state index contributed by atoms with van der Waals surface area (Å²) in [4.78, 5) is 13.8. The fourth-order valence-electron chi connectivity index (χ4n) is 2.02. The van der Waals surface area contributed by atoms with Gasteiger partial charge in [0.05, 0.1) is 0 Å². The summed E-state index contributed by atoms with van der Waals surface area (Å²) in [5, 5.41) is 9.73. The van der Waals surface area contributed by atoms with E-state index in [-0.39, 0.29) is 11.7 Å². The average Bonchev–Trinajstić information content (AvgIpc) is 2.49. The van der Waals surface area contributed by atoms with Crippen LogP contribution in [0.25, 0.3) is 0 Å². The average molecular weight is 270 g/mol. The van der Waals surface area contributed by atoms with Crippen LogP contribution in [0.4, 0.5) is 0 Å². The minimum atomic E-state index is -0.688. The van der Waals surface area contributed by atoms with E-state index in [4.69, 9.17) is 5.73 Å². The molecular weight excluding hydrogens is 252 g/mol. The molecule has 0 bridgehead atoms. The topological polar surface area (TPSA) is 66.6 Å². The number of carbonyl (C=O) groups is 1. The lowest BCUT2D eigenvalue weighted by Gasteiger charge is -2.22. The van der Waals surface area contributed by atoms with Crippen LogP contribution in [0, 0.1) is 0 Å². The highest BCUT2D eigenvalue weighted by atomic mass is 16.3. The Labute approximate surface area is 118 Å². The molecule has 2 aromatic rings. The maximum atomic E-state index is 12.3. The Balaban J connectivity index is 2.08. The Morgan fingerprint density at radius 3 is 2.40 bits per heavy atom. The molecule has 0 aromatic heterocycles. The first-order valence-electron chi connectivity index (χ1n) is 6.42. The van der Waals surface area contributed by atoms with Gasteiger partial charge in [0.25, 0.3) is 0 Å². The number of carbonyl (C=O) groups excluding carboxylic acids is 1. The number of rotatable bonds is 4. The molecule has 3 N–H and O–H groups in total. The number of benzene rings is 2. The zero-order chi connectivity index (χ0) is 14.5. The Morgan fingerprint density at radius 2 is 1.75 bits per heavy atom. The van der Waals surface area contributed by atoms with E-state index < -0.39 is 6.04 Å². The number of hydrogen-bond donors (Lipinski definition) is 2. The van der Waals surface area contributed by atoms with Crippen molar-refractivity contribution < 1.29 is 9.90 Å². The van der Waals surface area contributed by atoms with Crippen molar-refractivity contribution in [2.24, 2.45) is 5.73 Å². The van der Waals surface area contributed by atoms with Crippen molar-refractivity contribution in [1.29, 1.82) is 0 Å². The van der Waals surface area contributed by atoms with E-state index in [1.54, 1.807) is 25.2 Å². The molecule has 2 rings (SSSR count). The van der Waals surface area contributed by atoms with Gasteiger partial charge < -0.3 is 15.7 Å². The van der Waals surface area contributed by atoms with Crippen LogP contribution in [0.15, 0.2) is 54.6 Å². The first-order valence-corrected chi connectivity index (χ1v) is 6.42. The van der Waals surface area contributed by atoms with E-state index >= 15 is 0 Å². The highest BCUT2D eigenvalue weighted by Gasteiger charge is 2.20. The predicted octanol–water partition coefficient (Wildman–Crippen LogP) is 2.05. The van der Waals surface area contributed by atoms with Gasteiger partial charge in [-0.15, -0.1) is 0 Å². The van der Waals surface area contributed by atoms with Crippen LogP contribution in [0.2, 0.25) is 0 Å². The summed E-state index contributed by atoms with van der Waals surface area (Å²) >= 11 is 0. The molecule has 1 amide bonds. The van der Waals surface area contributed by atoms with Crippen molar-refractivity contribution in [3.05, 3.63) is 65.7 Å². The van der Waals surface area contributed by atoms with Crippen molar-refractivity contribution in [1.82, 2.24) is 4.90 Å². The molecule has 0 aliphatic rings. The van der Waals surface area contributed by atoms with Crippen molar-refractivity contribution in [3.8, 4) is 5.75 Å². The Hall–Kier alpha value is -2.33. The largest absolute Gasteiger partial charge is 0.508 e. The minimum absolute atomic E-state index is 0.181. The normalized spacial score (nSPS) is 11.9. The van der Waals surface area contributed by atoms with Gasteiger partial charge in [-0.1, -0.05) is 48.5 Å². The molecule has 4 nitrogen and oxygen atoms in total. The number of phenolic OH excluding ortho intramolecular Hbond substituents is 1. The second-order valence-corrected chi connectivity index (χ2v) is 4.71. The van der Waals surface area contributed by atoms with Crippen LogP contribution >= 0.6 is 0 Å². The van der Waals surface area contributed by atoms with E-state index in [2.05, 4.69) is 0 Å². The van der Waals surface area contributed by atoms with Gasteiger partial charge in [-0.3, -0.25) is 4.79 Å². The van der Waals surface area contributed by atoms with Crippen molar-refractivity contribution in [2.45, 2.75) is 12.6 Å².